The summed E-state index contributed by atoms with van der Waals surface area (Å²) in [6.07, 6.45) is 7.75. The van der Waals surface area contributed by atoms with E-state index >= 15 is 0 Å². The zero-order chi connectivity index (χ0) is 14.5. The number of pyridine rings is 1. The molecule has 1 heterocycles. The van der Waals surface area contributed by atoms with Gasteiger partial charge in [-0.1, -0.05) is 37.6 Å². The van der Waals surface area contributed by atoms with Crippen molar-refractivity contribution in [3.05, 3.63) is 42.1 Å². The molecule has 1 aromatic carbocycles. The molecule has 1 aliphatic carbocycles. The molecular formula is C19H26N2. The first-order valence-corrected chi connectivity index (χ1v) is 8.43. The van der Waals surface area contributed by atoms with Crippen LogP contribution in [0.5, 0.6) is 0 Å². The van der Waals surface area contributed by atoms with Crippen molar-refractivity contribution in [3.8, 4) is 0 Å². The van der Waals surface area contributed by atoms with Gasteiger partial charge in [0, 0.05) is 17.1 Å². The molecule has 21 heavy (non-hydrogen) atoms. The summed E-state index contributed by atoms with van der Waals surface area (Å²) in [5.41, 5.74) is 2.39. The Hall–Kier alpha value is -1.41. The number of rotatable bonds is 5. The largest absolute Gasteiger partial charge is 0.314 e. The molecule has 112 valence electrons. The highest BCUT2D eigenvalue weighted by Crippen LogP contribution is 2.27. The summed E-state index contributed by atoms with van der Waals surface area (Å²) < 4.78 is 0. The Bertz CT molecular complexity index is 579. The fourth-order valence-electron chi connectivity index (χ4n) is 3.53. The van der Waals surface area contributed by atoms with Gasteiger partial charge >= 0.3 is 0 Å². The highest BCUT2D eigenvalue weighted by atomic mass is 14.9. The Balaban J connectivity index is 1.64. The highest BCUT2D eigenvalue weighted by molar-refractivity contribution is 5.78. The van der Waals surface area contributed by atoms with Crippen LogP contribution in [0.2, 0.25) is 0 Å². The Morgan fingerprint density at radius 3 is 2.95 bits per heavy atom. The third-order valence-corrected chi connectivity index (χ3v) is 4.62. The monoisotopic (exact) mass is 282 g/mol. The Labute approximate surface area is 128 Å². The van der Waals surface area contributed by atoms with Crippen LogP contribution in [-0.2, 0) is 6.42 Å². The van der Waals surface area contributed by atoms with Gasteiger partial charge in [0.25, 0.3) is 0 Å². The first-order chi connectivity index (χ1) is 10.3. The average molecular weight is 282 g/mol. The Morgan fingerprint density at radius 1 is 1.14 bits per heavy atom. The van der Waals surface area contributed by atoms with E-state index in [1.807, 2.05) is 0 Å². The normalized spacial score (nSPS) is 22.5. The SMILES string of the molecule is CCCNC1CCCC(Cc2ccc3ccccc3n2)C1. The van der Waals surface area contributed by atoms with Crippen LogP contribution in [0.1, 0.15) is 44.7 Å². The zero-order valence-corrected chi connectivity index (χ0v) is 13.0. The molecule has 0 amide bonds. The quantitative estimate of drug-likeness (QED) is 0.882. The van der Waals surface area contributed by atoms with Gasteiger partial charge in [0.15, 0.2) is 0 Å². The summed E-state index contributed by atoms with van der Waals surface area (Å²) in [4.78, 5) is 4.84. The number of nitrogens with zero attached hydrogens (tertiary/aromatic N) is 1. The van der Waals surface area contributed by atoms with Crippen LogP contribution < -0.4 is 5.32 Å². The second-order valence-electron chi connectivity index (χ2n) is 6.38. The molecule has 1 aliphatic rings. The van der Waals surface area contributed by atoms with E-state index < -0.39 is 0 Å². The van der Waals surface area contributed by atoms with E-state index in [-0.39, 0.29) is 0 Å². The molecule has 1 N–H and O–H groups in total. The molecule has 1 saturated carbocycles. The van der Waals surface area contributed by atoms with Crippen LogP contribution in [-0.4, -0.2) is 17.6 Å². The predicted octanol–water partition coefficient (Wildman–Crippen LogP) is 4.34. The van der Waals surface area contributed by atoms with E-state index in [0.29, 0.717) is 0 Å². The van der Waals surface area contributed by atoms with Crippen LogP contribution in [0.3, 0.4) is 0 Å². The lowest BCUT2D eigenvalue weighted by Crippen LogP contribution is -2.35. The molecule has 1 aromatic heterocycles. The van der Waals surface area contributed by atoms with Crippen molar-refractivity contribution in [2.24, 2.45) is 5.92 Å². The Morgan fingerprint density at radius 2 is 2.05 bits per heavy atom. The maximum absolute atomic E-state index is 4.84. The number of hydrogen-bond donors (Lipinski definition) is 1. The van der Waals surface area contributed by atoms with Crippen molar-refractivity contribution < 1.29 is 0 Å². The predicted molar refractivity (Wildman–Crippen MR) is 89.5 cm³/mol. The standard InChI is InChI=1S/C19H26N2/c1-2-12-20-17-8-5-6-15(13-17)14-18-11-10-16-7-3-4-9-19(16)21-18/h3-4,7,9-11,15,17,20H,2,5-6,8,12-14H2,1H3. The molecule has 0 aliphatic heterocycles. The number of aromatic nitrogens is 1. The lowest BCUT2D eigenvalue weighted by Gasteiger charge is -2.29. The van der Waals surface area contributed by atoms with E-state index in [2.05, 4.69) is 48.6 Å². The minimum atomic E-state index is 0.726. The first-order valence-electron chi connectivity index (χ1n) is 8.43. The van der Waals surface area contributed by atoms with Gasteiger partial charge in [-0.2, -0.15) is 0 Å². The van der Waals surface area contributed by atoms with E-state index in [4.69, 9.17) is 4.98 Å². The molecular weight excluding hydrogens is 256 g/mol. The topological polar surface area (TPSA) is 24.9 Å². The summed E-state index contributed by atoms with van der Waals surface area (Å²) in [7, 11) is 0. The van der Waals surface area contributed by atoms with Crippen molar-refractivity contribution >= 4 is 10.9 Å². The lowest BCUT2D eigenvalue weighted by atomic mass is 9.83. The number of benzene rings is 1. The second-order valence-corrected chi connectivity index (χ2v) is 6.38. The molecule has 2 aromatic rings. The molecule has 2 nitrogen and oxygen atoms in total. The van der Waals surface area contributed by atoms with Gasteiger partial charge in [-0.3, -0.25) is 4.98 Å². The smallest absolute Gasteiger partial charge is 0.0705 e. The third kappa shape index (κ3) is 3.82. The molecule has 1 fully saturated rings. The molecule has 3 rings (SSSR count). The second kappa shape index (κ2) is 7.04. The summed E-state index contributed by atoms with van der Waals surface area (Å²) >= 11 is 0. The van der Waals surface area contributed by atoms with Crippen molar-refractivity contribution in [3.63, 3.8) is 0 Å². The molecule has 2 atom stereocenters. The minimum absolute atomic E-state index is 0.726. The highest BCUT2D eigenvalue weighted by Gasteiger charge is 2.21. The van der Waals surface area contributed by atoms with Gasteiger partial charge in [0.05, 0.1) is 5.52 Å². The van der Waals surface area contributed by atoms with Gasteiger partial charge in [-0.15, -0.1) is 0 Å². The summed E-state index contributed by atoms with van der Waals surface area (Å²) in [6.45, 7) is 3.40. The summed E-state index contributed by atoms with van der Waals surface area (Å²) in [5, 5.41) is 4.94. The number of nitrogens with one attached hydrogen (secondary N) is 1. The van der Waals surface area contributed by atoms with Crippen molar-refractivity contribution in [2.75, 3.05) is 6.54 Å². The molecule has 2 heteroatoms. The van der Waals surface area contributed by atoms with Crippen LogP contribution in [0.15, 0.2) is 36.4 Å². The number of hydrogen-bond acceptors (Lipinski definition) is 2. The maximum Gasteiger partial charge on any atom is 0.0705 e. The van der Waals surface area contributed by atoms with Gasteiger partial charge in [0.2, 0.25) is 0 Å². The first kappa shape index (κ1) is 14.5. The molecule has 2 unspecified atom stereocenters. The van der Waals surface area contributed by atoms with E-state index in [1.54, 1.807) is 0 Å². The molecule has 0 radical (unpaired) electrons. The van der Waals surface area contributed by atoms with Crippen LogP contribution in [0.4, 0.5) is 0 Å². The van der Waals surface area contributed by atoms with Gasteiger partial charge in [0.1, 0.15) is 0 Å². The Kier molecular flexibility index (Phi) is 4.87. The van der Waals surface area contributed by atoms with Crippen LogP contribution >= 0.6 is 0 Å². The number of fused-ring (bicyclic) bond motifs is 1. The van der Waals surface area contributed by atoms with Crippen LogP contribution in [0, 0.1) is 5.92 Å². The zero-order valence-electron chi connectivity index (χ0n) is 13.0. The summed E-state index contributed by atoms with van der Waals surface area (Å²) in [5.74, 6) is 0.793. The summed E-state index contributed by atoms with van der Waals surface area (Å²) in [6, 6.07) is 13.6. The van der Waals surface area contributed by atoms with Gasteiger partial charge in [-0.05, 0) is 56.7 Å². The van der Waals surface area contributed by atoms with Gasteiger partial charge in [-0.25, -0.2) is 0 Å². The van der Waals surface area contributed by atoms with Crippen molar-refractivity contribution in [1.29, 1.82) is 0 Å². The van der Waals surface area contributed by atoms with Crippen LogP contribution in [0.25, 0.3) is 10.9 Å². The molecule has 0 bridgehead atoms. The molecule has 0 saturated heterocycles. The third-order valence-electron chi connectivity index (χ3n) is 4.62. The van der Waals surface area contributed by atoms with E-state index in [1.165, 1.54) is 43.2 Å². The lowest BCUT2D eigenvalue weighted by molar-refractivity contribution is 0.283. The average Bonchev–Trinajstić information content (AvgIpc) is 2.53. The fraction of sp³-hybridized carbons (Fsp3) is 0.526. The van der Waals surface area contributed by atoms with Crippen molar-refractivity contribution in [2.45, 2.75) is 51.5 Å². The minimum Gasteiger partial charge on any atom is -0.314 e. The maximum atomic E-state index is 4.84. The van der Waals surface area contributed by atoms with Crippen molar-refractivity contribution in [1.82, 2.24) is 10.3 Å². The van der Waals surface area contributed by atoms with E-state index in [0.717, 1.165) is 30.4 Å². The fourth-order valence-corrected chi connectivity index (χ4v) is 3.53. The number of para-hydroxylation sites is 1. The van der Waals surface area contributed by atoms with E-state index in [9.17, 15) is 0 Å². The molecule has 0 spiro atoms. The van der Waals surface area contributed by atoms with Gasteiger partial charge < -0.3 is 5.32 Å².